The topological polar surface area (TPSA) is 135 Å². The molecule has 0 saturated heterocycles. The second kappa shape index (κ2) is 6.02. The molecular formula is C17H13N5O3. The van der Waals surface area contributed by atoms with Crippen molar-refractivity contribution in [1.82, 2.24) is 15.5 Å². The number of nitrogens with one attached hydrogen (secondary N) is 2. The third-order valence-electron chi connectivity index (χ3n) is 4.07. The Bertz CT molecular complexity index is 997. The zero-order valence-corrected chi connectivity index (χ0v) is 13.4. The predicted molar refractivity (Wildman–Crippen MR) is 87.2 cm³/mol. The number of dihydropyridines is 1. The van der Waals surface area contributed by atoms with Gasteiger partial charge in [0.1, 0.15) is 0 Å². The van der Waals surface area contributed by atoms with E-state index in [2.05, 4.69) is 32.4 Å². The number of rotatable bonds is 2. The number of fused-ring (bicyclic) bond motifs is 1. The maximum absolute atomic E-state index is 10.8. The molecule has 25 heavy (non-hydrogen) atoms. The molecule has 0 unspecified atom stereocenters. The highest BCUT2D eigenvalue weighted by Crippen LogP contribution is 2.38. The summed E-state index contributed by atoms with van der Waals surface area (Å²) in [6.45, 7) is 3.55. The number of carboxylic acid groups (broad SMARTS) is 1. The molecular weight excluding hydrogens is 322 g/mol. The van der Waals surface area contributed by atoms with Gasteiger partial charge < -0.3 is 15.2 Å². The lowest BCUT2D eigenvalue weighted by atomic mass is 9.81. The van der Waals surface area contributed by atoms with Crippen molar-refractivity contribution >= 4 is 17.1 Å². The molecule has 0 amide bonds. The van der Waals surface area contributed by atoms with Crippen LogP contribution >= 0.6 is 0 Å². The molecule has 8 heteroatoms. The van der Waals surface area contributed by atoms with E-state index in [1.165, 1.54) is 0 Å². The summed E-state index contributed by atoms with van der Waals surface area (Å²) in [5.41, 5.74) is 3.50. The molecule has 1 aromatic carbocycles. The number of H-pyrrole nitrogens is 1. The van der Waals surface area contributed by atoms with Crippen molar-refractivity contribution in [3.8, 4) is 18.0 Å². The Hall–Kier alpha value is -3.78. The Labute approximate surface area is 142 Å². The van der Waals surface area contributed by atoms with E-state index in [0.29, 0.717) is 39.0 Å². The first kappa shape index (κ1) is 16.1. The number of aromatic nitrogens is 2. The lowest BCUT2D eigenvalue weighted by molar-refractivity contribution is 0.143. The molecule has 0 bridgehead atoms. The zero-order chi connectivity index (χ0) is 18.1. The van der Waals surface area contributed by atoms with Crippen LogP contribution in [0.4, 0.5) is 4.79 Å². The molecule has 0 atom stereocenters. The first-order valence-corrected chi connectivity index (χ1v) is 7.33. The number of allylic oxidation sites excluding steroid dienone is 4. The van der Waals surface area contributed by atoms with Crippen LogP contribution in [-0.4, -0.2) is 21.5 Å². The summed E-state index contributed by atoms with van der Waals surface area (Å²) in [5, 5.41) is 37.9. The van der Waals surface area contributed by atoms with Crippen LogP contribution in [0.5, 0.6) is 5.88 Å². The average Bonchev–Trinajstić information content (AvgIpc) is 2.96. The maximum Gasteiger partial charge on any atom is 0.512 e. The highest BCUT2D eigenvalue weighted by Gasteiger charge is 2.29. The molecule has 124 valence electrons. The molecule has 0 saturated carbocycles. The molecule has 2 heterocycles. The van der Waals surface area contributed by atoms with E-state index < -0.39 is 12.1 Å². The van der Waals surface area contributed by atoms with E-state index in [9.17, 15) is 15.3 Å². The Morgan fingerprint density at radius 2 is 1.88 bits per heavy atom. The standard InChI is InChI=1S/C17H13N5O3/c1-8-12(6-18)15(13(7-19)9(2)20-8)10-3-4-14-11(5-10)16(22-21-14)25-17(23)24/h3-5,15,20H,1-2H3,(H,21,22)(H,23,24). The molecule has 0 spiro atoms. The van der Waals surface area contributed by atoms with Gasteiger partial charge in [-0.2, -0.15) is 10.5 Å². The maximum atomic E-state index is 10.8. The Balaban J connectivity index is 2.19. The summed E-state index contributed by atoms with van der Waals surface area (Å²) in [5.74, 6) is -0.607. The fourth-order valence-corrected chi connectivity index (χ4v) is 2.97. The SMILES string of the molecule is CC1=C(C#N)C(c2ccc3[nH]nc(OC(=O)O)c3c2)C(C#N)=C(C)N1. The van der Waals surface area contributed by atoms with Crippen molar-refractivity contribution in [2.24, 2.45) is 0 Å². The molecule has 0 aliphatic carbocycles. The molecule has 2 aromatic rings. The van der Waals surface area contributed by atoms with Gasteiger partial charge in [0.15, 0.2) is 0 Å². The van der Waals surface area contributed by atoms with Gasteiger partial charge >= 0.3 is 6.16 Å². The molecule has 1 aliphatic heterocycles. The fourth-order valence-electron chi connectivity index (χ4n) is 2.97. The van der Waals surface area contributed by atoms with Gasteiger partial charge in [0.25, 0.3) is 5.88 Å². The van der Waals surface area contributed by atoms with Crippen LogP contribution < -0.4 is 10.1 Å². The van der Waals surface area contributed by atoms with Crippen molar-refractivity contribution in [3.63, 3.8) is 0 Å². The molecule has 1 aromatic heterocycles. The van der Waals surface area contributed by atoms with E-state index in [1.54, 1.807) is 32.0 Å². The molecule has 8 nitrogen and oxygen atoms in total. The van der Waals surface area contributed by atoms with E-state index in [4.69, 9.17) is 5.11 Å². The fraction of sp³-hybridized carbons (Fsp3) is 0.176. The van der Waals surface area contributed by atoms with Crippen molar-refractivity contribution in [3.05, 3.63) is 46.3 Å². The minimum Gasteiger partial charge on any atom is -0.449 e. The summed E-state index contributed by atoms with van der Waals surface area (Å²) in [6, 6.07) is 9.49. The molecule has 1 aliphatic rings. The number of nitrogens with zero attached hydrogens (tertiary/aromatic N) is 3. The van der Waals surface area contributed by atoms with Crippen molar-refractivity contribution < 1.29 is 14.6 Å². The van der Waals surface area contributed by atoms with Gasteiger partial charge in [0.2, 0.25) is 0 Å². The number of ether oxygens (including phenoxy) is 1. The second-order valence-corrected chi connectivity index (χ2v) is 5.56. The third kappa shape index (κ3) is 2.66. The van der Waals surface area contributed by atoms with Gasteiger partial charge in [0.05, 0.1) is 40.1 Å². The monoisotopic (exact) mass is 335 g/mol. The van der Waals surface area contributed by atoms with Crippen LogP contribution in [0, 0.1) is 22.7 Å². The van der Waals surface area contributed by atoms with Crippen LogP contribution in [0.15, 0.2) is 40.7 Å². The minimum atomic E-state index is -1.47. The van der Waals surface area contributed by atoms with Gasteiger partial charge in [-0.1, -0.05) is 6.07 Å². The van der Waals surface area contributed by atoms with E-state index >= 15 is 0 Å². The summed E-state index contributed by atoms with van der Waals surface area (Å²) in [4.78, 5) is 10.8. The summed E-state index contributed by atoms with van der Waals surface area (Å²) in [6.07, 6.45) is -1.47. The first-order chi connectivity index (χ1) is 12.0. The van der Waals surface area contributed by atoms with Gasteiger partial charge in [-0.25, -0.2) is 4.79 Å². The van der Waals surface area contributed by atoms with Crippen molar-refractivity contribution in [2.45, 2.75) is 19.8 Å². The number of hydrogen-bond acceptors (Lipinski definition) is 6. The zero-order valence-electron chi connectivity index (χ0n) is 13.4. The summed E-state index contributed by atoms with van der Waals surface area (Å²) < 4.78 is 4.67. The highest BCUT2D eigenvalue weighted by atomic mass is 16.7. The quantitative estimate of drug-likeness (QED) is 0.718. The van der Waals surface area contributed by atoms with Crippen molar-refractivity contribution in [2.75, 3.05) is 0 Å². The van der Waals surface area contributed by atoms with E-state index in [-0.39, 0.29) is 5.88 Å². The number of hydrogen-bond donors (Lipinski definition) is 3. The number of nitriles is 2. The predicted octanol–water partition coefficient (Wildman–Crippen LogP) is 2.90. The van der Waals surface area contributed by atoms with Crippen LogP contribution in [0.1, 0.15) is 25.3 Å². The Kier molecular flexibility index (Phi) is 3.88. The van der Waals surface area contributed by atoms with E-state index in [0.717, 1.165) is 0 Å². The Morgan fingerprint density at radius 3 is 2.44 bits per heavy atom. The average molecular weight is 335 g/mol. The number of aromatic amines is 1. The Morgan fingerprint density at radius 1 is 1.24 bits per heavy atom. The van der Waals surface area contributed by atoms with Crippen LogP contribution in [0.3, 0.4) is 0 Å². The highest BCUT2D eigenvalue weighted by molar-refractivity contribution is 5.86. The lowest BCUT2D eigenvalue weighted by Gasteiger charge is -2.26. The second-order valence-electron chi connectivity index (χ2n) is 5.56. The number of carbonyl (C=O) groups is 1. The third-order valence-corrected chi connectivity index (χ3v) is 4.07. The minimum absolute atomic E-state index is 0.0725. The normalized spacial score (nSPS) is 14.9. The van der Waals surface area contributed by atoms with Gasteiger partial charge in [-0.3, -0.25) is 5.10 Å². The van der Waals surface area contributed by atoms with Gasteiger partial charge in [-0.15, -0.1) is 5.10 Å². The van der Waals surface area contributed by atoms with E-state index in [1.807, 2.05) is 0 Å². The van der Waals surface area contributed by atoms with Gasteiger partial charge in [-0.05, 0) is 31.5 Å². The molecule has 0 fully saturated rings. The smallest absolute Gasteiger partial charge is 0.449 e. The first-order valence-electron chi connectivity index (χ1n) is 7.33. The molecule has 0 radical (unpaired) electrons. The van der Waals surface area contributed by atoms with Crippen LogP contribution in [-0.2, 0) is 0 Å². The lowest BCUT2D eigenvalue weighted by Crippen LogP contribution is -2.23. The number of benzene rings is 1. The molecule has 3 N–H and O–H groups in total. The summed E-state index contributed by atoms with van der Waals surface area (Å²) in [7, 11) is 0. The van der Waals surface area contributed by atoms with Crippen LogP contribution in [0.25, 0.3) is 10.9 Å². The van der Waals surface area contributed by atoms with Crippen LogP contribution in [0.2, 0.25) is 0 Å². The largest absolute Gasteiger partial charge is 0.512 e. The van der Waals surface area contributed by atoms with Crippen molar-refractivity contribution in [1.29, 1.82) is 10.5 Å². The van der Waals surface area contributed by atoms with Gasteiger partial charge in [0, 0.05) is 11.4 Å². The molecule has 3 rings (SSSR count). The summed E-state index contributed by atoms with van der Waals surface area (Å²) >= 11 is 0.